The Labute approximate surface area is 119 Å². The molecule has 1 atom stereocenters. The van der Waals surface area contributed by atoms with Gasteiger partial charge in [0.1, 0.15) is 12.4 Å². The van der Waals surface area contributed by atoms with E-state index < -0.39 is 25.1 Å². The van der Waals surface area contributed by atoms with E-state index in [0.717, 1.165) is 0 Å². The van der Waals surface area contributed by atoms with Gasteiger partial charge in [0.15, 0.2) is 0 Å². The van der Waals surface area contributed by atoms with E-state index in [9.17, 15) is 18.7 Å². The number of anilines is 1. The minimum atomic E-state index is -2.64. The predicted molar refractivity (Wildman–Crippen MR) is 70.1 cm³/mol. The Morgan fingerprint density at radius 2 is 2.15 bits per heavy atom. The summed E-state index contributed by atoms with van der Waals surface area (Å²) >= 11 is 5.43. The van der Waals surface area contributed by atoms with E-state index in [0.29, 0.717) is 0 Å². The first-order valence-electron chi connectivity index (χ1n) is 5.70. The minimum absolute atomic E-state index is 0.0150. The minimum Gasteiger partial charge on any atom is -0.485 e. The van der Waals surface area contributed by atoms with E-state index in [1.807, 2.05) is 0 Å². The van der Waals surface area contributed by atoms with Gasteiger partial charge >= 0.3 is 5.97 Å². The van der Waals surface area contributed by atoms with Crippen LogP contribution in [0.15, 0.2) is 18.2 Å². The van der Waals surface area contributed by atoms with Gasteiger partial charge < -0.3 is 20.3 Å². The normalized spacial score (nSPS) is 12.2. The molecule has 0 aliphatic rings. The number of halogens is 3. The van der Waals surface area contributed by atoms with Crippen molar-refractivity contribution in [1.29, 1.82) is 0 Å². The fourth-order valence-electron chi connectivity index (χ4n) is 1.36. The van der Waals surface area contributed by atoms with Crippen LogP contribution in [0.2, 0.25) is 0 Å². The number of hydrogen-bond acceptors (Lipinski definition) is 4. The summed E-state index contributed by atoms with van der Waals surface area (Å²) in [4.78, 5) is 10.9. The number of aliphatic hydroxyl groups excluding tert-OH is 1. The van der Waals surface area contributed by atoms with Gasteiger partial charge in [-0.15, -0.1) is 11.6 Å². The van der Waals surface area contributed by atoms with Crippen LogP contribution in [0.4, 0.5) is 14.5 Å². The first-order chi connectivity index (χ1) is 9.43. The number of hydrogen-bond donors (Lipinski definition) is 3. The maximum Gasteiger partial charge on any atom is 0.335 e. The van der Waals surface area contributed by atoms with Crippen molar-refractivity contribution >= 4 is 23.3 Å². The highest BCUT2D eigenvalue weighted by atomic mass is 35.5. The lowest BCUT2D eigenvalue weighted by Crippen LogP contribution is -2.21. The number of aromatic carboxylic acids is 1. The molecule has 5 nitrogen and oxygen atoms in total. The van der Waals surface area contributed by atoms with E-state index in [-0.39, 0.29) is 29.4 Å². The Balaban J connectivity index is 2.88. The first-order valence-corrected chi connectivity index (χ1v) is 6.23. The number of alkyl halides is 3. The zero-order valence-corrected chi connectivity index (χ0v) is 11.1. The number of nitrogens with one attached hydrogen (secondary N) is 1. The Bertz CT molecular complexity index is 459. The number of carbonyl (C=O) groups is 1. The molecule has 1 unspecified atom stereocenters. The van der Waals surface area contributed by atoms with Crippen LogP contribution in [0.25, 0.3) is 0 Å². The Kier molecular flexibility index (Phi) is 6.47. The predicted octanol–water partition coefficient (Wildman–Crippen LogP) is 2.04. The van der Waals surface area contributed by atoms with Crippen molar-refractivity contribution in [3.05, 3.63) is 23.8 Å². The molecular weight excluding hydrogens is 296 g/mol. The molecular formula is C12H14ClF2NO4. The molecule has 0 bridgehead atoms. The molecule has 0 saturated heterocycles. The van der Waals surface area contributed by atoms with Gasteiger partial charge in [0.2, 0.25) is 0 Å². The lowest BCUT2D eigenvalue weighted by molar-refractivity contribution is 0.0695. The third-order valence-corrected chi connectivity index (χ3v) is 2.65. The van der Waals surface area contributed by atoms with Crippen LogP contribution in [-0.2, 0) is 0 Å². The van der Waals surface area contributed by atoms with Crippen molar-refractivity contribution in [3.8, 4) is 5.75 Å². The smallest absolute Gasteiger partial charge is 0.335 e. The van der Waals surface area contributed by atoms with Crippen LogP contribution in [0, 0.1) is 0 Å². The Morgan fingerprint density at radius 1 is 1.45 bits per heavy atom. The molecule has 0 aliphatic heterocycles. The highest BCUT2D eigenvalue weighted by Gasteiger charge is 2.12. The van der Waals surface area contributed by atoms with Gasteiger partial charge in [0.25, 0.3) is 6.43 Å². The molecule has 1 aromatic carbocycles. The quantitative estimate of drug-likeness (QED) is 0.641. The fraction of sp³-hybridized carbons (Fsp3) is 0.417. The number of benzene rings is 1. The molecule has 0 radical (unpaired) electrons. The van der Waals surface area contributed by atoms with Gasteiger partial charge in [-0.1, -0.05) is 0 Å². The molecule has 0 amide bonds. The van der Waals surface area contributed by atoms with Crippen LogP contribution >= 0.6 is 11.6 Å². The van der Waals surface area contributed by atoms with Crippen LogP contribution in [0.1, 0.15) is 10.4 Å². The van der Waals surface area contributed by atoms with Crippen molar-refractivity contribution in [2.24, 2.45) is 0 Å². The summed E-state index contributed by atoms with van der Waals surface area (Å²) in [7, 11) is 0. The standard InChI is InChI=1S/C12H14ClF2NO4/c13-4-8(17)5-16-9-3-7(12(18)19)1-2-10(9)20-6-11(14)15/h1-3,8,11,16-17H,4-6H2,(H,18,19). The van der Waals surface area contributed by atoms with E-state index in [4.69, 9.17) is 21.4 Å². The maximum atomic E-state index is 12.1. The molecule has 0 aliphatic carbocycles. The largest absolute Gasteiger partial charge is 0.485 e. The monoisotopic (exact) mass is 309 g/mol. The molecule has 112 valence electrons. The summed E-state index contributed by atoms with van der Waals surface area (Å²) in [5, 5.41) is 20.9. The molecule has 0 heterocycles. The van der Waals surface area contributed by atoms with Crippen molar-refractivity contribution in [2.45, 2.75) is 12.5 Å². The molecule has 8 heteroatoms. The average Bonchev–Trinajstić information content (AvgIpc) is 2.42. The molecule has 0 fully saturated rings. The van der Waals surface area contributed by atoms with Crippen molar-refractivity contribution in [3.63, 3.8) is 0 Å². The third-order valence-electron chi connectivity index (χ3n) is 2.30. The van der Waals surface area contributed by atoms with Crippen LogP contribution < -0.4 is 10.1 Å². The van der Waals surface area contributed by atoms with Gasteiger partial charge in [-0.25, -0.2) is 13.6 Å². The summed E-state index contributed by atoms with van der Waals surface area (Å²) < 4.78 is 29.1. The SMILES string of the molecule is O=C(O)c1ccc(OCC(F)F)c(NCC(O)CCl)c1. The zero-order valence-electron chi connectivity index (χ0n) is 10.4. The highest BCUT2D eigenvalue weighted by molar-refractivity contribution is 6.18. The lowest BCUT2D eigenvalue weighted by atomic mass is 10.2. The van der Waals surface area contributed by atoms with Crippen molar-refractivity contribution < 1.29 is 28.5 Å². The van der Waals surface area contributed by atoms with E-state index in [1.54, 1.807) is 0 Å². The topological polar surface area (TPSA) is 78.8 Å². The summed E-state index contributed by atoms with van der Waals surface area (Å²) in [6, 6.07) is 3.76. The van der Waals surface area contributed by atoms with Crippen molar-refractivity contribution in [1.82, 2.24) is 0 Å². The molecule has 1 rings (SSSR count). The number of ether oxygens (including phenoxy) is 1. The molecule has 0 aromatic heterocycles. The maximum absolute atomic E-state index is 12.1. The fourth-order valence-corrected chi connectivity index (χ4v) is 1.47. The average molecular weight is 310 g/mol. The third kappa shape index (κ3) is 5.18. The lowest BCUT2D eigenvalue weighted by Gasteiger charge is -2.15. The Morgan fingerprint density at radius 3 is 2.70 bits per heavy atom. The zero-order chi connectivity index (χ0) is 15.1. The van der Waals surface area contributed by atoms with Gasteiger partial charge in [-0.3, -0.25) is 0 Å². The number of carboxylic acid groups (broad SMARTS) is 1. The number of rotatable bonds is 8. The van der Waals surface area contributed by atoms with E-state index >= 15 is 0 Å². The summed E-state index contributed by atoms with van der Waals surface area (Å²) in [6.07, 6.45) is -3.50. The number of carboxylic acids is 1. The van der Waals surface area contributed by atoms with Gasteiger partial charge in [-0.2, -0.15) is 0 Å². The highest BCUT2D eigenvalue weighted by Crippen LogP contribution is 2.26. The van der Waals surface area contributed by atoms with E-state index in [1.165, 1.54) is 18.2 Å². The second kappa shape index (κ2) is 7.86. The molecule has 0 saturated carbocycles. The second-order valence-electron chi connectivity index (χ2n) is 3.91. The Hall–Kier alpha value is -1.60. The van der Waals surface area contributed by atoms with Crippen LogP contribution in [-0.4, -0.2) is 47.7 Å². The second-order valence-corrected chi connectivity index (χ2v) is 4.22. The molecule has 0 spiro atoms. The van der Waals surface area contributed by atoms with Crippen LogP contribution in [0.5, 0.6) is 5.75 Å². The van der Waals surface area contributed by atoms with Crippen molar-refractivity contribution in [2.75, 3.05) is 24.3 Å². The van der Waals surface area contributed by atoms with Gasteiger partial charge in [0, 0.05) is 6.54 Å². The van der Waals surface area contributed by atoms with Gasteiger partial charge in [-0.05, 0) is 18.2 Å². The molecule has 3 N–H and O–H groups in total. The first kappa shape index (κ1) is 16.5. The van der Waals surface area contributed by atoms with Crippen LogP contribution in [0.3, 0.4) is 0 Å². The van der Waals surface area contributed by atoms with E-state index in [2.05, 4.69) is 5.32 Å². The molecule has 20 heavy (non-hydrogen) atoms. The van der Waals surface area contributed by atoms with Gasteiger partial charge in [0.05, 0.1) is 23.2 Å². The number of aliphatic hydroxyl groups is 1. The summed E-state index contributed by atoms with van der Waals surface area (Å²) in [5.41, 5.74) is 0.173. The molecule has 1 aromatic rings. The summed E-state index contributed by atoms with van der Waals surface area (Å²) in [5.74, 6) is -1.10. The summed E-state index contributed by atoms with van der Waals surface area (Å²) in [6.45, 7) is -0.767.